The molecule has 6 nitrogen and oxygen atoms in total. The van der Waals surface area contributed by atoms with Crippen molar-refractivity contribution in [2.45, 2.75) is 25.3 Å². The van der Waals surface area contributed by atoms with Gasteiger partial charge in [0.1, 0.15) is 0 Å². The van der Waals surface area contributed by atoms with Crippen LogP contribution in [0.5, 0.6) is 0 Å². The van der Waals surface area contributed by atoms with Gasteiger partial charge in [-0.15, -0.1) is 0 Å². The highest BCUT2D eigenvalue weighted by Gasteiger charge is 2.14. The zero-order valence-electron chi connectivity index (χ0n) is 17.1. The second-order valence-electron chi connectivity index (χ2n) is 7.01. The molecule has 0 aliphatic heterocycles. The molecule has 158 valence electrons. The molecule has 1 heterocycles. The standard InChI is InChI=1S/C23H21N3O3S2/c1-3-26-20-14-9-16(2)15-21(20)30-23(26)24-22(27)17-10-12-18(13-11-17)25-31(28,29)19-7-5-4-6-8-19/h4-15,25H,3H2,1-2H3. The Morgan fingerprint density at radius 2 is 1.74 bits per heavy atom. The Hall–Kier alpha value is -3.23. The lowest BCUT2D eigenvalue weighted by molar-refractivity contribution is 0.0998. The van der Waals surface area contributed by atoms with E-state index in [4.69, 9.17) is 0 Å². The second-order valence-corrected chi connectivity index (χ2v) is 9.70. The maximum Gasteiger partial charge on any atom is 0.279 e. The number of carbonyl (C=O) groups is 1. The fourth-order valence-electron chi connectivity index (χ4n) is 3.22. The van der Waals surface area contributed by atoms with E-state index in [1.165, 1.54) is 23.5 Å². The SMILES string of the molecule is CCn1c(=NC(=O)c2ccc(NS(=O)(=O)c3ccccc3)cc2)sc2cc(C)ccc21. The minimum atomic E-state index is -3.68. The van der Waals surface area contributed by atoms with Crippen LogP contribution in [0.3, 0.4) is 0 Å². The molecule has 0 saturated carbocycles. The second kappa shape index (κ2) is 8.49. The number of fused-ring (bicyclic) bond motifs is 1. The molecule has 0 atom stereocenters. The third kappa shape index (κ3) is 4.45. The van der Waals surface area contributed by atoms with Crippen LogP contribution in [0.2, 0.25) is 0 Å². The summed E-state index contributed by atoms with van der Waals surface area (Å²) in [5.41, 5.74) is 2.97. The van der Waals surface area contributed by atoms with Gasteiger partial charge in [-0.3, -0.25) is 9.52 Å². The Labute approximate surface area is 184 Å². The van der Waals surface area contributed by atoms with E-state index in [0.717, 1.165) is 15.8 Å². The van der Waals surface area contributed by atoms with Gasteiger partial charge >= 0.3 is 0 Å². The molecule has 1 N–H and O–H groups in total. The lowest BCUT2D eigenvalue weighted by Crippen LogP contribution is -2.16. The number of sulfonamides is 1. The first-order chi connectivity index (χ1) is 14.9. The van der Waals surface area contributed by atoms with Gasteiger partial charge < -0.3 is 4.57 Å². The Morgan fingerprint density at radius 1 is 1.03 bits per heavy atom. The van der Waals surface area contributed by atoms with Crippen molar-refractivity contribution in [2.75, 3.05) is 4.72 Å². The Kier molecular flexibility index (Phi) is 5.75. The first-order valence-electron chi connectivity index (χ1n) is 9.74. The number of nitrogens with zero attached hydrogens (tertiary/aromatic N) is 2. The number of rotatable bonds is 5. The molecule has 0 fully saturated rings. The predicted molar refractivity (Wildman–Crippen MR) is 124 cm³/mol. The maximum absolute atomic E-state index is 12.7. The van der Waals surface area contributed by atoms with Gasteiger partial charge in [-0.1, -0.05) is 35.6 Å². The quantitative estimate of drug-likeness (QED) is 0.483. The molecule has 1 amide bonds. The summed E-state index contributed by atoms with van der Waals surface area (Å²) < 4.78 is 30.5. The summed E-state index contributed by atoms with van der Waals surface area (Å²) in [6.45, 7) is 4.75. The van der Waals surface area contributed by atoms with Gasteiger partial charge in [-0.05, 0) is 67.9 Å². The number of thiazole rings is 1. The monoisotopic (exact) mass is 451 g/mol. The molecule has 0 spiro atoms. The Balaban J connectivity index is 1.60. The van der Waals surface area contributed by atoms with E-state index in [2.05, 4.69) is 15.8 Å². The van der Waals surface area contributed by atoms with Crippen LogP contribution in [-0.4, -0.2) is 18.9 Å². The maximum atomic E-state index is 12.7. The third-order valence-corrected chi connectivity index (χ3v) is 7.23. The summed E-state index contributed by atoms with van der Waals surface area (Å²) in [6, 6.07) is 20.6. The van der Waals surface area contributed by atoms with Gasteiger partial charge in [0.25, 0.3) is 15.9 Å². The van der Waals surface area contributed by atoms with E-state index in [1.54, 1.807) is 42.5 Å². The van der Waals surface area contributed by atoms with Crippen LogP contribution in [0.15, 0.2) is 82.7 Å². The zero-order chi connectivity index (χ0) is 22.0. The molecule has 0 saturated heterocycles. The van der Waals surface area contributed by atoms with Crippen molar-refractivity contribution in [3.63, 3.8) is 0 Å². The number of anilines is 1. The molecule has 1 aromatic heterocycles. The molecule has 4 aromatic rings. The van der Waals surface area contributed by atoms with Crippen LogP contribution in [0.1, 0.15) is 22.8 Å². The first kappa shape index (κ1) is 21.0. The summed E-state index contributed by atoms with van der Waals surface area (Å²) in [5.74, 6) is -0.372. The van der Waals surface area contributed by atoms with Crippen molar-refractivity contribution in [3.05, 3.63) is 88.7 Å². The topological polar surface area (TPSA) is 80.5 Å². The van der Waals surface area contributed by atoms with Crippen LogP contribution in [0.4, 0.5) is 5.69 Å². The van der Waals surface area contributed by atoms with Crippen molar-refractivity contribution in [3.8, 4) is 0 Å². The van der Waals surface area contributed by atoms with Crippen LogP contribution in [0, 0.1) is 6.92 Å². The Bertz CT molecular complexity index is 1420. The van der Waals surface area contributed by atoms with E-state index in [9.17, 15) is 13.2 Å². The minimum Gasteiger partial charge on any atom is -0.317 e. The number of amides is 1. The van der Waals surface area contributed by atoms with Gasteiger partial charge in [-0.25, -0.2) is 8.42 Å². The van der Waals surface area contributed by atoms with Crippen LogP contribution in [-0.2, 0) is 16.6 Å². The average Bonchev–Trinajstić information content (AvgIpc) is 3.10. The molecule has 0 aliphatic carbocycles. The first-order valence-corrected chi connectivity index (χ1v) is 12.0. The number of hydrogen-bond acceptors (Lipinski definition) is 4. The van der Waals surface area contributed by atoms with Gasteiger partial charge in [-0.2, -0.15) is 4.99 Å². The molecule has 0 aliphatic rings. The third-order valence-electron chi connectivity index (χ3n) is 4.79. The summed E-state index contributed by atoms with van der Waals surface area (Å²) in [7, 11) is -3.68. The van der Waals surface area contributed by atoms with Gasteiger partial charge in [0.05, 0.1) is 15.1 Å². The number of benzene rings is 3. The van der Waals surface area contributed by atoms with Crippen LogP contribution in [0.25, 0.3) is 10.2 Å². The minimum absolute atomic E-state index is 0.175. The van der Waals surface area contributed by atoms with E-state index >= 15 is 0 Å². The lowest BCUT2D eigenvalue weighted by Gasteiger charge is -2.08. The highest BCUT2D eigenvalue weighted by molar-refractivity contribution is 7.92. The number of carbonyl (C=O) groups excluding carboxylic acids is 1. The number of aryl methyl sites for hydroxylation is 2. The Morgan fingerprint density at radius 3 is 2.42 bits per heavy atom. The van der Waals surface area contributed by atoms with Crippen LogP contribution < -0.4 is 9.52 Å². The molecular formula is C23H21N3O3S2. The van der Waals surface area contributed by atoms with E-state index in [0.29, 0.717) is 22.6 Å². The zero-order valence-corrected chi connectivity index (χ0v) is 18.7. The average molecular weight is 452 g/mol. The van der Waals surface area contributed by atoms with E-state index in [-0.39, 0.29) is 10.8 Å². The largest absolute Gasteiger partial charge is 0.317 e. The molecule has 3 aromatic carbocycles. The van der Waals surface area contributed by atoms with E-state index in [1.807, 2.05) is 30.5 Å². The van der Waals surface area contributed by atoms with Crippen molar-refractivity contribution < 1.29 is 13.2 Å². The van der Waals surface area contributed by atoms with Crippen molar-refractivity contribution in [1.82, 2.24) is 4.57 Å². The van der Waals surface area contributed by atoms with Gasteiger partial charge in [0.2, 0.25) is 0 Å². The molecule has 31 heavy (non-hydrogen) atoms. The number of hydrogen-bond donors (Lipinski definition) is 1. The van der Waals surface area contributed by atoms with Crippen molar-refractivity contribution >= 4 is 43.2 Å². The molecule has 0 radical (unpaired) electrons. The predicted octanol–water partition coefficient (Wildman–Crippen LogP) is 4.57. The fraction of sp³-hybridized carbons (Fsp3) is 0.130. The molecule has 4 rings (SSSR count). The highest BCUT2D eigenvalue weighted by Crippen LogP contribution is 2.20. The van der Waals surface area contributed by atoms with Gasteiger partial charge in [0, 0.05) is 17.8 Å². The van der Waals surface area contributed by atoms with Gasteiger partial charge in [0.15, 0.2) is 4.80 Å². The fourth-order valence-corrected chi connectivity index (χ4v) is 5.49. The van der Waals surface area contributed by atoms with E-state index < -0.39 is 10.0 Å². The summed E-state index contributed by atoms with van der Waals surface area (Å²) in [4.78, 5) is 17.9. The van der Waals surface area contributed by atoms with Crippen LogP contribution >= 0.6 is 11.3 Å². The summed E-state index contributed by atoms with van der Waals surface area (Å²) in [6.07, 6.45) is 0. The normalized spacial score (nSPS) is 12.3. The molecule has 0 unspecified atom stereocenters. The molecular weight excluding hydrogens is 430 g/mol. The number of nitrogens with one attached hydrogen (secondary N) is 1. The highest BCUT2D eigenvalue weighted by atomic mass is 32.2. The smallest absolute Gasteiger partial charge is 0.279 e. The van der Waals surface area contributed by atoms with Crippen molar-refractivity contribution in [1.29, 1.82) is 0 Å². The molecule has 8 heteroatoms. The van der Waals surface area contributed by atoms with Crippen molar-refractivity contribution in [2.24, 2.45) is 4.99 Å². The number of aromatic nitrogens is 1. The summed E-state index contributed by atoms with van der Waals surface area (Å²) in [5, 5.41) is 0. The lowest BCUT2D eigenvalue weighted by atomic mass is 10.2. The summed E-state index contributed by atoms with van der Waals surface area (Å²) >= 11 is 1.48. The molecule has 0 bridgehead atoms.